The van der Waals surface area contributed by atoms with Crippen LogP contribution in [-0.2, 0) is 11.3 Å². The third kappa shape index (κ3) is 3.99. The lowest BCUT2D eigenvalue weighted by atomic mass is 10.3. The summed E-state index contributed by atoms with van der Waals surface area (Å²) in [6, 6.07) is 3.76. The van der Waals surface area contributed by atoms with E-state index in [-0.39, 0.29) is 11.5 Å². The van der Waals surface area contributed by atoms with E-state index in [1.54, 1.807) is 6.20 Å². The highest BCUT2D eigenvalue weighted by Gasteiger charge is 2.14. The van der Waals surface area contributed by atoms with E-state index in [0.29, 0.717) is 5.69 Å². The average Bonchev–Trinajstić information content (AvgIpc) is 2.58. The van der Waals surface area contributed by atoms with Gasteiger partial charge in [0.15, 0.2) is 11.5 Å². The monoisotopic (exact) mass is 315 g/mol. The standard InChI is InChI=1S/C15H17N5O3/c21-15(22)13-14(17-4-3-16-13)19-11-1-2-12(18-9-11)10-20-5-7-23-8-6-20/h1-4,9H,5-8,10H2,(H,17,19)(H,21,22). The van der Waals surface area contributed by atoms with Crippen LogP contribution in [0.4, 0.5) is 11.5 Å². The summed E-state index contributed by atoms with van der Waals surface area (Å²) < 4.78 is 5.32. The first-order valence-electron chi connectivity index (χ1n) is 7.29. The lowest BCUT2D eigenvalue weighted by Gasteiger charge is -2.26. The van der Waals surface area contributed by atoms with E-state index in [1.807, 2.05) is 12.1 Å². The molecule has 0 unspecified atom stereocenters. The summed E-state index contributed by atoms with van der Waals surface area (Å²) >= 11 is 0. The van der Waals surface area contributed by atoms with Gasteiger partial charge in [-0.3, -0.25) is 9.88 Å². The molecule has 1 aliphatic heterocycles. The minimum absolute atomic E-state index is 0.120. The predicted molar refractivity (Wildman–Crippen MR) is 82.6 cm³/mol. The molecule has 2 N–H and O–H groups in total. The highest BCUT2D eigenvalue weighted by atomic mass is 16.5. The van der Waals surface area contributed by atoms with Gasteiger partial charge in [-0.1, -0.05) is 0 Å². The lowest BCUT2D eigenvalue weighted by molar-refractivity contribution is 0.0336. The highest BCUT2D eigenvalue weighted by Crippen LogP contribution is 2.17. The number of anilines is 2. The van der Waals surface area contributed by atoms with E-state index in [1.165, 1.54) is 12.4 Å². The fourth-order valence-electron chi connectivity index (χ4n) is 2.30. The summed E-state index contributed by atoms with van der Waals surface area (Å²) in [7, 11) is 0. The number of pyridine rings is 1. The summed E-state index contributed by atoms with van der Waals surface area (Å²) in [6.45, 7) is 4.09. The fraction of sp³-hybridized carbons (Fsp3) is 0.333. The predicted octanol–water partition coefficient (Wildman–Crippen LogP) is 1.15. The number of carbonyl (C=O) groups is 1. The Kier molecular flexibility index (Phi) is 4.74. The molecule has 0 spiro atoms. The topological polar surface area (TPSA) is 100 Å². The number of carboxylic acid groups (broad SMARTS) is 1. The molecule has 3 rings (SSSR count). The Morgan fingerprint density at radius 1 is 1.22 bits per heavy atom. The van der Waals surface area contributed by atoms with Crippen LogP contribution in [0.5, 0.6) is 0 Å². The Morgan fingerprint density at radius 2 is 2.00 bits per heavy atom. The maximum atomic E-state index is 11.1. The maximum absolute atomic E-state index is 11.1. The molecule has 2 aromatic rings. The molecule has 2 aromatic heterocycles. The zero-order valence-electron chi connectivity index (χ0n) is 12.5. The number of morpholine rings is 1. The first-order chi connectivity index (χ1) is 11.2. The van der Waals surface area contributed by atoms with Gasteiger partial charge in [0.1, 0.15) is 0 Å². The molecular weight excluding hydrogens is 298 g/mol. The van der Waals surface area contributed by atoms with E-state index >= 15 is 0 Å². The maximum Gasteiger partial charge on any atom is 0.358 e. The number of hydrogen-bond donors (Lipinski definition) is 2. The van der Waals surface area contributed by atoms with Crippen molar-refractivity contribution < 1.29 is 14.6 Å². The Balaban J connectivity index is 1.67. The molecule has 3 heterocycles. The van der Waals surface area contributed by atoms with Gasteiger partial charge in [-0.05, 0) is 12.1 Å². The molecule has 120 valence electrons. The quantitative estimate of drug-likeness (QED) is 0.847. The van der Waals surface area contributed by atoms with E-state index in [0.717, 1.165) is 38.5 Å². The van der Waals surface area contributed by atoms with Crippen molar-refractivity contribution in [2.45, 2.75) is 6.54 Å². The number of aromatic carboxylic acids is 1. The van der Waals surface area contributed by atoms with Gasteiger partial charge >= 0.3 is 5.97 Å². The minimum atomic E-state index is -1.13. The molecule has 8 heteroatoms. The SMILES string of the molecule is O=C(O)c1nccnc1Nc1ccc(CN2CCOCC2)nc1. The first-order valence-corrected chi connectivity index (χ1v) is 7.29. The smallest absolute Gasteiger partial charge is 0.358 e. The average molecular weight is 315 g/mol. The molecule has 0 aromatic carbocycles. The van der Waals surface area contributed by atoms with Gasteiger partial charge in [0, 0.05) is 32.0 Å². The van der Waals surface area contributed by atoms with E-state index in [2.05, 4.69) is 25.2 Å². The molecule has 0 bridgehead atoms. The normalized spacial score (nSPS) is 15.3. The van der Waals surface area contributed by atoms with Crippen molar-refractivity contribution in [3.63, 3.8) is 0 Å². The molecular formula is C15H17N5O3. The van der Waals surface area contributed by atoms with Crippen LogP contribution in [0.15, 0.2) is 30.7 Å². The van der Waals surface area contributed by atoms with Gasteiger partial charge in [-0.25, -0.2) is 14.8 Å². The number of aromatic nitrogens is 3. The van der Waals surface area contributed by atoms with Crippen LogP contribution in [0.3, 0.4) is 0 Å². The number of nitrogens with one attached hydrogen (secondary N) is 1. The van der Waals surface area contributed by atoms with Crippen molar-refractivity contribution in [2.75, 3.05) is 31.6 Å². The van der Waals surface area contributed by atoms with Gasteiger partial charge in [0.2, 0.25) is 0 Å². The third-order valence-electron chi connectivity index (χ3n) is 3.48. The summed E-state index contributed by atoms with van der Waals surface area (Å²) in [5.74, 6) is -0.930. The second-order valence-electron chi connectivity index (χ2n) is 5.11. The molecule has 8 nitrogen and oxygen atoms in total. The molecule has 0 amide bonds. The Hall–Kier alpha value is -2.58. The van der Waals surface area contributed by atoms with E-state index < -0.39 is 5.97 Å². The second-order valence-corrected chi connectivity index (χ2v) is 5.11. The van der Waals surface area contributed by atoms with Crippen LogP contribution in [0.25, 0.3) is 0 Å². The van der Waals surface area contributed by atoms with Crippen molar-refractivity contribution in [3.8, 4) is 0 Å². The molecule has 0 saturated carbocycles. The Labute approximate surface area is 133 Å². The van der Waals surface area contributed by atoms with Crippen molar-refractivity contribution in [2.24, 2.45) is 0 Å². The van der Waals surface area contributed by atoms with E-state index in [9.17, 15) is 4.79 Å². The number of ether oxygens (including phenoxy) is 1. The lowest BCUT2D eigenvalue weighted by Crippen LogP contribution is -2.35. The molecule has 1 saturated heterocycles. The number of nitrogens with zero attached hydrogens (tertiary/aromatic N) is 4. The largest absolute Gasteiger partial charge is 0.476 e. The van der Waals surface area contributed by atoms with Crippen LogP contribution >= 0.6 is 0 Å². The van der Waals surface area contributed by atoms with Crippen molar-refractivity contribution in [3.05, 3.63) is 42.1 Å². The van der Waals surface area contributed by atoms with Crippen molar-refractivity contribution in [1.29, 1.82) is 0 Å². The molecule has 23 heavy (non-hydrogen) atoms. The summed E-state index contributed by atoms with van der Waals surface area (Å²) in [6.07, 6.45) is 4.45. The van der Waals surface area contributed by atoms with Crippen molar-refractivity contribution >= 4 is 17.5 Å². The summed E-state index contributed by atoms with van der Waals surface area (Å²) in [5.41, 5.74) is 1.50. The summed E-state index contributed by atoms with van der Waals surface area (Å²) in [4.78, 5) is 25.6. The fourth-order valence-corrected chi connectivity index (χ4v) is 2.30. The van der Waals surface area contributed by atoms with E-state index in [4.69, 9.17) is 9.84 Å². The molecule has 1 fully saturated rings. The van der Waals surface area contributed by atoms with Crippen LogP contribution in [0, 0.1) is 0 Å². The highest BCUT2D eigenvalue weighted by molar-refractivity contribution is 5.91. The minimum Gasteiger partial charge on any atom is -0.476 e. The zero-order chi connectivity index (χ0) is 16.1. The molecule has 0 radical (unpaired) electrons. The number of hydrogen-bond acceptors (Lipinski definition) is 7. The van der Waals surface area contributed by atoms with Crippen LogP contribution in [0.1, 0.15) is 16.2 Å². The number of rotatable bonds is 5. The molecule has 1 aliphatic rings. The van der Waals surface area contributed by atoms with Gasteiger partial charge < -0.3 is 15.2 Å². The first kappa shape index (κ1) is 15.3. The molecule has 0 aliphatic carbocycles. The van der Waals surface area contributed by atoms with Crippen LogP contribution in [0.2, 0.25) is 0 Å². The van der Waals surface area contributed by atoms with Crippen molar-refractivity contribution in [1.82, 2.24) is 19.9 Å². The Bertz CT molecular complexity index is 671. The van der Waals surface area contributed by atoms with Crippen LogP contribution in [-0.4, -0.2) is 57.2 Å². The third-order valence-corrected chi connectivity index (χ3v) is 3.48. The van der Waals surface area contributed by atoms with Gasteiger partial charge in [-0.15, -0.1) is 0 Å². The number of carboxylic acids is 1. The van der Waals surface area contributed by atoms with Gasteiger partial charge in [-0.2, -0.15) is 0 Å². The Morgan fingerprint density at radius 3 is 2.70 bits per heavy atom. The van der Waals surface area contributed by atoms with Gasteiger partial charge in [0.25, 0.3) is 0 Å². The van der Waals surface area contributed by atoms with Gasteiger partial charge in [0.05, 0.1) is 30.8 Å². The van der Waals surface area contributed by atoms with Crippen LogP contribution < -0.4 is 5.32 Å². The second kappa shape index (κ2) is 7.12. The summed E-state index contributed by atoms with van der Waals surface area (Å²) in [5, 5.41) is 12.0. The molecule has 0 atom stereocenters. The zero-order valence-corrected chi connectivity index (χ0v) is 12.5.